The lowest BCUT2D eigenvalue weighted by molar-refractivity contribution is 0.715. The predicted octanol–water partition coefficient (Wildman–Crippen LogP) is 1.31. The number of nitrogens with two attached hydrogens (primary N) is 1. The highest BCUT2D eigenvalue weighted by atomic mass is 15.3. The third-order valence-corrected chi connectivity index (χ3v) is 2.51. The van der Waals surface area contributed by atoms with Crippen LogP contribution < -0.4 is 11.3 Å². The van der Waals surface area contributed by atoms with E-state index in [1.807, 2.05) is 0 Å². The summed E-state index contributed by atoms with van der Waals surface area (Å²) in [4.78, 5) is 0. The Hall–Kier alpha value is -0.860. The van der Waals surface area contributed by atoms with Gasteiger partial charge in [-0.25, -0.2) is 0 Å². The third-order valence-electron chi connectivity index (χ3n) is 2.51. The van der Waals surface area contributed by atoms with Gasteiger partial charge in [-0.3, -0.25) is 11.3 Å². The first-order valence-corrected chi connectivity index (χ1v) is 4.34. The van der Waals surface area contributed by atoms with Gasteiger partial charge in [-0.1, -0.05) is 29.8 Å². The molecule has 2 heteroatoms. The maximum Gasteiger partial charge on any atom is 0.0286 e. The molecule has 0 aliphatic heterocycles. The van der Waals surface area contributed by atoms with E-state index in [2.05, 4.69) is 36.6 Å². The van der Waals surface area contributed by atoms with Gasteiger partial charge in [-0.05, 0) is 18.9 Å². The van der Waals surface area contributed by atoms with Gasteiger partial charge >= 0.3 is 0 Å². The first-order chi connectivity index (χ1) is 5.81. The van der Waals surface area contributed by atoms with Gasteiger partial charge in [0, 0.05) is 12.0 Å². The summed E-state index contributed by atoms with van der Waals surface area (Å²) in [6.45, 7) is 2.11. The molecule has 1 fully saturated rings. The molecule has 0 saturated heterocycles. The molecule has 2 atom stereocenters. The lowest BCUT2D eigenvalue weighted by Crippen LogP contribution is -2.25. The highest BCUT2D eigenvalue weighted by Gasteiger charge is 2.37. The molecule has 1 aliphatic rings. The topological polar surface area (TPSA) is 38.0 Å². The third kappa shape index (κ3) is 1.36. The molecule has 12 heavy (non-hydrogen) atoms. The maximum atomic E-state index is 5.34. The largest absolute Gasteiger partial charge is 0.271 e. The fraction of sp³-hybridized carbons (Fsp3) is 0.400. The van der Waals surface area contributed by atoms with E-state index >= 15 is 0 Å². The summed E-state index contributed by atoms with van der Waals surface area (Å²) in [5.41, 5.74) is 5.52. The van der Waals surface area contributed by atoms with E-state index in [1.165, 1.54) is 17.5 Å². The summed E-state index contributed by atoms with van der Waals surface area (Å²) in [6, 6.07) is 9.20. The molecule has 1 aromatic rings. The van der Waals surface area contributed by atoms with Crippen LogP contribution in [0.1, 0.15) is 23.5 Å². The van der Waals surface area contributed by atoms with E-state index < -0.39 is 0 Å². The minimum absolute atomic E-state index is 0.507. The molecule has 1 unspecified atom stereocenters. The Morgan fingerprint density at radius 3 is 2.50 bits per heavy atom. The van der Waals surface area contributed by atoms with Gasteiger partial charge in [0.2, 0.25) is 0 Å². The molecule has 0 aromatic heterocycles. The fourth-order valence-electron chi connectivity index (χ4n) is 1.56. The molecule has 0 radical (unpaired) electrons. The first kappa shape index (κ1) is 7.77. The molecule has 1 saturated carbocycles. The Labute approximate surface area is 72.7 Å². The molecule has 0 amide bonds. The van der Waals surface area contributed by atoms with Crippen molar-refractivity contribution in [1.29, 1.82) is 0 Å². The van der Waals surface area contributed by atoms with Crippen molar-refractivity contribution in [2.45, 2.75) is 25.3 Å². The van der Waals surface area contributed by atoms with E-state index in [4.69, 9.17) is 5.84 Å². The van der Waals surface area contributed by atoms with E-state index in [0.717, 1.165) is 0 Å². The first-order valence-electron chi connectivity index (χ1n) is 4.34. The van der Waals surface area contributed by atoms with Crippen molar-refractivity contribution in [2.75, 3.05) is 0 Å². The van der Waals surface area contributed by atoms with Gasteiger partial charge in [0.15, 0.2) is 0 Å². The summed E-state index contributed by atoms with van der Waals surface area (Å²) in [6.07, 6.45) is 1.18. The number of hydrogen-bond acceptors (Lipinski definition) is 2. The van der Waals surface area contributed by atoms with Crippen molar-refractivity contribution in [3.05, 3.63) is 35.4 Å². The molecule has 1 aliphatic carbocycles. The van der Waals surface area contributed by atoms with Crippen LogP contribution in [0.2, 0.25) is 0 Å². The fourth-order valence-corrected chi connectivity index (χ4v) is 1.56. The zero-order chi connectivity index (χ0) is 8.55. The second-order valence-electron chi connectivity index (χ2n) is 3.53. The molecular weight excluding hydrogens is 148 g/mol. The number of rotatable bonds is 2. The van der Waals surface area contributed by atoms with Crippen LogP contribution in [-0.2, 0) is 0 Å². The van der Waals surface area contributed by atoms with Crippen LogP contribution in [0.3, 0.4) is 0 Å². The quantitative estimate of drug-likeness (QED) is 0.508. The standard InChI is InChI=1S/C10H14N2/c1-7-2-4-8(5-3-7)9-6-10(9)12-11/h2-5,9-10,12H,6,11H2,1H3/t9-,10?/m1/s1. The van der Waals surface area contributed by atoms with Gasteiger partial charge in [0.05, 0.1) is 0 Å². The number of aryl methyl sites for hydroxylation is 1. The molecule has 2 rings (SSSR count). The van der Waals surface area contributed by atoms with Crippen molar-refractivity contribution in [3.63, 3.8) is 0 Å². The van der Waals surface area contributed by atoms with Crippen molar-refractivity contribution in [3.8, 4) is 0 Å². The van der Waals surface area contributed by atoms with Crippen LogP contribution in [0.25, 0.3) is 0 Å². The average Bonchev–Trinajstić information content (AvgIpc) is 2.85. The molecule has 64 valence electrons. The van der Waals surface area contributed by atoms with Crippen molar-refractivity contribution in [1.82, 2.24) is 5.43 Å². The van der Waals surface area contributed by atoms with Gasteiger partial charge in [0.25, 0.3) is 0 Å². The highest BCUT2D eigenvalue weighted by Crippen LogP contribution is 2.39. The monoisotopic (exact) mass is 162 g/mol. The zero-order valence-electron chi connectivity index (χ0n) is 7.25. The van der Waals surface area contributed by atoms with Crippen LogP contribution in [0.15, 0.2) is 24.3 Å². The van der Waals surface area contributed by atoms with Crippen molar-refractivity contribution < 1.29 is 0 Å². The second-order valence-corrected chi connectivity index (χ2v) is 3.53. The predicted molar refractivity (Wildman–Crippen MR) is 49.6 cm³/mol. The Bertz CT molecular complexity index is 266. The molecule has 0 spiro atoms. The number of benzene rings is 1. The summed E-state index contributed by atoms with van der Waals surface area (Å²) >= 11 is 0. The maximum absolute atomic E-state index is 5.34. The van der Waals surface area contributed by atoms with Crippen LogP contribution in [0.5, 0.6) is 0 Å². The van der Waals surface area contributed by atoms with Crippen molar-refractivity contribution >= 4 is 0 Å². The van der Waals surface area contributed by atoms with Crippen LogP contribution in [0, 0.1) is 6.92 Å². The Balaban J connectivity index is 2.10. The zero-order valence-corrected chi connectivity index (χ0v) is 7.25. The van der Waals surface area contributed by atoms with Crippen LogP contribution >= 0.6 is 0 Å². The van der Waals surface area contributed by atoms with Gasteiger partial charge in [-0.15, -0.1) is 0 Å². The number of nitrogens with one attached hydrogen (secondary N) is 1. The van der Waals surface area contributed by atoms with Gasteiger partial charge in [-0.2, -0.15) is 0 Å². The average molecular weight is 162 g/mol. The second kappa shape index (κ2) is 2.88. The minimum atomic E-state index is 0.507. The molecule has 1 aromatic carbocycles. The minimum Gasteiger partial charge on any atom is -0.271 e. The lowest BCUT2D eigenvalue weighted by atomic mass is 10.1. The Morgan fingerprint density at radius 2 is 2.00 bits per heavy atom. The summed E-state index contributed by atoms with van der Waals surface area (Å²) in [5.74, 6) is 5.99. The van der Waals surface area contributed by atoms with E-state index in [1.54, 1.807) is 0 Å². The van der Waals surface area contributed by atoms with Gasteiger partial charge < -0.3 is 0 Å². The molecule has 3 N–H and O–H groups in total. The summed E-state index contributed by atoms with van der Waals surface area (Å²) in [7, 11) is 0. The van der Waals surface area contributed by atoms with E-state index in [9.17, 15) is 0 Å². The Kier molecular flexibility index (Phi) is 1.87. The van der Waals surface area contributed by atoms with Crippen molar-refractivity contribution in [2.24, 2.45) is 5.84 Å². The number of hydrazine groups is 1. The molecule has 2 nitrogen and oxygen atoms in total. The lowest BCUT2D eigenvalue weighted by Gasteiger charge is -1.99. The smallest absolute Gasteiger partial charge is 0.0286 e. The summed E-state index contributed by atoms with van der Waals surface area (Å²) in [5, 5.41) is 0. The molecular formula is C10H14N2. The van der Waals surface area contributed by atoms with E-state index in [0.29, 0.717) is 12.0 Å². The Morgan fingerprint density at radius 1 is 1.33 bits per heavy atom. The summed E-state index contributed by atoms with van der Waals surface area (Å²) < 4.78 is 0. The van der Waals surface area contributed by atoms with E-state index in [-0.39, 0.29) is 0 Å². The molecule has 0 heterocycles. The molecule has 0 bridgehead atoms. The van der Waals surface area contributed by atoms with Crippen LogP contribution in [-0.4, -0.2) is 6.04 Å². The normalized spacial score (nSPS) is 27.2. The van der Waals surface area contributed by atoms with Gasteiger partial charge in [0.1, 0.15) is 0 Å². The number of hydrogen-bond donors (Lipinski definition) is 2. The highest BCUT2D eigenvalue weighted by molar-refractivity contribution is 5.30. The SMILES string of the molecule is Cc1ccc([C@H]2CC2NN)cc1. The van der Waals surface area contributed by atoms with Crippen LogP contribution in [0.4, 0.5) is 0 Å².